The minimum Gasteiger partial charge on any atom is -0.493 e. The van der Waals surface area contributed by atoms with E-state index in [1.54, 1.807) is 28.8 Å². The number of β-amino-alcohol motifs (C(OH)–C–C–N with tert-alkyl or cyclic N) is 1. The predicted octanol–water partition coefficient (Wildman–Crippen LogP) is 1.19. The standard InChI is InChI=1S/C25H35N5O6S/c1-4-8-30-21-17-20(26-23(21)24(32)27(3)25(30)33)19-16-18(6-7-22(19)36-15-5-2)37(34,35)29-11-9-28(10-12-29)13-14-31/h6-7,16-17,26,31H,4-5,8-15H2,1-3H3. The number of sulfonamides is 1. The fraction of sp³-hybridized carbons (Fsp3) is 0.520. The van der Waals surface area contributed by atoms with Crippen molar-refractivity contribution in [1.82, 2.24) is 23.3 Å². The third-order valence-electron chi connectivity index (χ3n) is 6.66. The number of fused-ring (bicyclic) bond motifs is 1. The Morgan fingerprint density at radius 1 is 1.03 bits per heavy atom. The number of aromatic nitrogens is 3. The number of aliphatic hydroxyl groups excluding tert-OH is 1. The van der Waals surface area contributed by atoms with Crippen LogP contribution in [0.3, 0.4) is 0 Å². The van der Waals surface area contributed by atoms with Gasteiger partial charge in [-0.2, -0.15) is 4.31 Å². The molecule has 4 rings (SSSR count). The van der Waals surface area contributed by atoms with E-state index < -0.39 is 21.3 Å². The van der Waals surface area contributed by atoms with E-state index in [1.165, 1.54) is 11.4 Å². The molecule has 1 aliphatic rings. The van der Waals surface area contributed by atoms with Gasteiger partial charge in [-0.05, 0) is 37.1 Å². The lowest BCUT2D eigenvalue weighted by atomic mass is 10.1. The summed E-state index contributed by atoms with van der Waals surface area (Å²) in [5.74, 6) is 0.487. The molecule has 0 unspecified atom stereocenters. The monoisotopic (exact) mass is 533 g/mol. The summed E-state index contributed by atoms with van der Waals surface area (Å²) in [6.45, 7) is 7.12. The van der Waals surface area contributed by atoms with Crippen molar-refractivity contribution in [2.75, 3.05) is 45.9 Å². The molecule has 2 aromatic heterocycles. The summed E-state index contributed by atoms with van der Waals surface area (Å²) in [5, 5.41) is 9.17. The molecule has 0 saturated carbocycles. The maximum absolute atomic E-state index is 13.5. The van der Waals surface area contributed by atoms with Crippen molar-refractivity contribution in [3.05, 3.63) is 45.1 Å². The summed E-state index contributed by atoms with van der Waals surface area (Å²) in [6.07, 6.45) is 1.47. The van der Waals surface area contributed by atoms with E-state index in [2.05, 4.69) is 4.98 Å². The zero-order valence-electron chi connectivity index (χ0n) is 21.6. The Kier molecular flexibility index (Phi) is 8.22. The van der Waals surface area contributed by atoms with Crippen LogP contribution in [0.1, 0.15) is 26.7 Å². The van der Waals surface area contributed by atoms with Crippen molar-refractivity contribution in [3.63, 3.8) is 0 Å². The highest BCUT2D eigenvalue weighted by Crippen LogP contribution is 2.34. The summed E-state index contributed by atoms with van der Waals surface area (Å²) in [7, 11) is -2.34. The zero-order chi connectivity index (χ0) is 26.7. The van der Waals surface area contributed by atoms with Crippen molar-refractivity contribution >= 4 is 21.1 Å². The van der Waals surface area contributed by atoms with Crippen molar-refractivity contribution in [1.29, 1.82) is 0 Å². The quantitative estimate of drug-likeness (QED) is 0.400. The maximum atomic E-state index is 13.5. The lowest BCUT2D eigenvalue weighted by Gasteiger charge is -2.33. The fourth-order valence-electron chi connectivity index (χ4n) is 4.64. The van der Waals surface area contributed by atoms with E-state index in [-0.39, 0.29) is 17.0 Å². The minimum absolute atomic E-state index is 0.0367. The predicted molar refractivity (Wildman–Crippen MR) is 142 cm³/mol. The first-order valence-corrected chi connectivity index (χ1v) is 14.1. The first-order chi connectivity index (χ1) is 17.7. The summed E-state index contributed by atoms with van der Waals surface area (Å²) >= 11 is 0. The molecule has 1 fully saturated rings. The van der Waals surface area contributed by atoms with Gasteiger partial charge in [-0.1, -0.05) is 13.8 Å². The van der Waals surface area contributed by atoms with Crippen LogP contribution in [0.2, 0.25) is 0 Å². The molecule has 0 atom stereocenters. The lowest BCUT2D eigenvalue weighted by molar-refractivity contribution is 0.151. The maximum Gasteiger partial charge on any atom is 0.331 e. The van der Waals surface area contributed by atoms with Gasteiger partial charge in [0.2, 0.25) is 10.0 Å². The first kappa shape index (κ1) is 27.1. The molecule has 3 heterocycles. The number of rotatable bonds is 10. The fourth-order valence-corrected chi connectivity index (χ4v) is 6.09. The third-order valence-corrected chi connectivity index (χ3v) is 8.55. The van der Waals surface area contributed by atoms with Gasteiger partial charge >= 0.3 is 5.69 Å². The van der Waals surface area contributed by atoms with E-state index in [0.29, 0.717) is 74.8 Å². The van der Waals surface area contributed by atoms with Gasteiger partial charge in [-0.15, -0.1) is 0 Å². The second-order valence-electron chi connectivity index (χ2n) is 9.22. The highest BCUT2D eigenvalue weighted by molar-refractivity contribution is 7.89. The normalized spacial score (nSPS) is 15.5. The van der Waals surface area contributed by atoms with E-state index in [0.717, 1.165) is 11.0 Å². The molecule has 0 bridgehead atoms. The van der Waals surface area contributed by atoms with Crippen LogP contribution >= 0.6 is 0 Å². The zero-order valence-corrected chi connectivity index (χ0v) is 22.4. The van der Waals surface area contributed by atoms with Crippen molar-refractivity contribution < 1.29 is 18.3 Å². The van der Waals surface area contributed by atoms with Crippen LogP contribution in [0.5, 0.6) is 5.75 Å². The number of hydrogen-bond acceptors (Lipinski definition) is 7. The molecule has 2 N–H and O–H groups in total. The number of nitrogens with zero attached hydrogens (tertiary/aromatic N) is 4. The van der Waals surface area contributed by atoms with Gasteiger partial charge in [-0.25, -0.2) is 13.2 Å². The first-order valence-electron chi connectivity index (χ1n) is 12.7. The van der Waals surface area contributed by atoms with Gasteiger partial charge in [0.05, 0.1) is 29.3 Å². The SMILES string of the molecule is CCCOc1ccc(S(=O)(=O)N2CCN(CCO)CC2)cc1-c1cc2c([nH]1)c(=O)n(C)c(=O)n2CCC. The van der Waals surface area contributed by atoms with E-state index in [1.807, 2.05) is 18.7 Å². The second-order valence-corrected chi connectivity index (χ2v) is 11.2. The van der Waals surface area contributed by atoms with Crippen LogP contribution in [-0.4, -0.2) is 82.8 Å². The highest BCUT2D eigenvalue weighted by atomic mass is 32.2. The molecule has 11 nitrogen and oxygen atoms in total. The Bertz CT molecular complexity index is 1480. The number of aliphatic hydroxyl groups is 1. The number of aryl methyl sites for hydroxylation is 1. The molecule has 0 amide bonds. The van der Waals surface area contributed by atoms with Gasteiger partial charge in [-0.3, -0.25) is 18.8 Å². The van der Waals surface area contributed by atoms with Gasteiger partial charge in [0, 0.05) is 51.9 Å². The molecule has 1 saturated heterocycles. The average Bonchev–Trinajstić information content (AvgIpc) is 3.34. The number of nitrogens with one attached hydrogen (secondary N) is 1. The molecule has 202 valence electrons. The van der Waals surface area contributed by atoms with Gasteiger partial charge in [0.1, 0.15) is 11.3 Å². The number of aromatic amines is 1. The van der Waals surface area contributed by atoms with Crippen molar-refractivity contribution in [2.45, 2.75) is 38.1 Å². The summed E-state index contributed by atoms with van der Waals surface area (Å²) in [5.41, 5.74) is 0.906. The highest BCUT2D eigenvalue weighted by Gasteiger charge is 2.29. The number of H-pyrrole nitrogens is 1. The summed E-state index contributed by atoms with van der Waals surface area (Å²) in [4.78, 5) is 30.9. The van der Waals surface area contributed by atoms with Crippen LogP contribution < -0.4 is 16.0 Å². The molecule has 12 heteroatoms. The number of piperazine rings is 1. The third kappa shape index (κ3) is 5.24. The van der Waals surface area contributed by atoms with E-state index in [9.17, 15) is 18.0 Å². The average molecular weight is 534 g/mol. The number of hydrogen-bond donors (Lipinski definition) is 2. The number of ether oxygens (including phenoxy) is 1. The van der Waals surface area contributed by atoms with Gasteiger partial charge < -0.3 is 14.8 Å². The molecule has 3 aromatic rings. The largest absolute Gasteiger partial charge is 0.493 e. The Labute approximate surface area is 215 Å². The molecule has 0 radical (unpaired) electrons. The Morgan fingerprint density at radius 3 is 2.41 bits per heavy atom. The summed E-state index contributed by atoms with van der Waals surface area (Å²) < 4.78 is 37.1. The van der Waals surface area contributed by atoms with E-state index >= 15 is 0 Å². The summed E-state index contributed by atoms with van der Waals surface area (Å²) in [6, 6.07) is 6.46. The second kappa shape index (κ2) is 11.2. The molecular weight excluding hydrogens is 498 g/mol. The molecule has 1 aromatic carbocycles. The molecule has 1 aliphatic heterocycles. The van der Waals surface area contributed by atoms with Crippen molar-refractivity contribution in [2.24, 2.45) is 7.05 Å². The van der Waals surface area contributed by atoms with Crippen molar-refractivity contribution in [3.8, 4) is 17.0 Å². The Balaban J connectivity index is 1.81. The van der Waals surface area contributed by atoms with Crippen LogP contribution in [0.25, 0.3) is 22.3 Å². The number of benzene rings is 1. The van der Waals surface area contributed by atoms with Crippen LogP contribution in [-0.2, 0) is 23.6 Å². The van der Waals surface area contributed by atoms with Crippen LogP contribution in [0.4, 0.5) is 0 Å². The van der Waals surface area contributed by atoms with E-state index in [4.69, 9.17) is 9.84 Å². The topological polar surface area (TPSA) is 130 Å². The Hall–Kier alpha value is -2.93. The Morgan fingerprint density at radius 2 is 1.76 bits per heavy atom. The minimum atomic E-state index is -3.78. The smallest absolute Gasteiger partial charge is 0.331 e. The van der Waals surface area contributed by atoms with Crippen LogP contribution in [0.15, 0.2) is 38.8 Å². The molecule has 0 spiro atoms. The lowest BCUT2D eigenvalue weighted by Crippen LogP contribution is -2.49. The van der Waals surface area contributed by atoms with Gasteiger partial charge in [0.25, 0.3) is 5.56 Å². The molecule has 37 heavy (non-hydrogen) atoms. The molecule has 0 aliphatic carbocycles. The van der Waals surface area contributed by atoms with Crippen LogP contribution in [0, 0.1) is 0 Å². The molecular formula is C25H35N5O6S. The van der Waals surface area contributed by atoms with Gasteiger partial charge in [0.15, 0.2) is 0 Å².